The molecule has 8 heteroatoms. The van der Waals surface area contributed by atoms with Crippen LogP contribution in [0, 0.1) is 11.2 Å². The first-order valence-electron chi connectivity index (χ1n) is 6.92. The molecule has 2 aromatic heterocycles. The highest BCUT2D eigenvalue weighted by molar-refractivity contribution is 6.15. The van der Waals surface area contributed by atoms with Crippen LogP contribution in [0.15, 0.2) is 35.6 Å². The Hall–Kier alpha value is -3.03. The second-order valence-electron chi connectivity index (χ2n) is 4.71. The molecule has 120 valence electrons. The fourth-order valence-electron chi connectivity index (χ4n) is 2.02. The van der Waals surface area contributed by atoms with Gasteiger partial charge in [-0.15, -0.1) is 5.10 Å². The molecule has 4 N–H and O–H groups in total. The number of rotatable bonds is 5. The third kappa shape index (κ3) is 3.42. The molecule has 0 atom stereocenters. The van der Waals surface area contributed by atoms with Crippen LogP contribution in [0.3, 0.4) is 0 Å². The number of aliphatic imine (C=N–C) groups is 1. The van der Waals surface area contributed by atoms with Crippen molar-refractivity contribution in [1.82, 2.24) is 14.6 Å². The lowest BCUT2D eigenvalue weighted by Gasteiger charge is -2.05. The number of nitrogens with one attached hydrogen (secondary N) is 2. The van der Waals surface area contributed by atoms with Crippen LogP contribution in [0.5, 0.6) is 0 Å². The predicted molar refractivity (Wildman–Crippen MR) is 90.8 cm³/mol. The summed E-state index contributed by atoms with van der Waals surface area (Å²) in [5.41, 5.74) is 6.74. The maximum atomic E-state index is 14.3. The Balaban J connectivity index is 2.49. The summed E-state index contributed by atoms with van der Waals surface area (Å²) in [6, 6.07) is 0. The number of hydrogen-bond acceptors (Lipinski definition) is 6. The first kappa shape index (κ1) is 16.3. The summed E-state index contributed by atoms with van der Waals surface area (Å²) in [6.07, 6.45) is 7.74. The number of nitrogen functional groups attached to an aromatic ring is 1. The number of hydrogen-bond donors (Lipinski definition) is 3. The van der Waals surface area contributed by atoms with Crippen molar-refractivity contribution in [1.29, 1.82) is 5.41 Å². The van der Waals surface area contributed by atoms with E-state index in [0.717, 1.165) is 0 Å². The summed E-state index contributed by atoms with van der Waals surface area (Å²) in [6.45, 7) is 3.65. The number of anilines is 2. The molecule has 0 amide bonds. The third-order valence-corrected chi connectivity index (χ3v) is 3.03. The summed E-state index contributed by atoms with van der Waals surface area (Å²) in [5.74, 6) is -0.201. The Morgan fingerprint density at radius 2 is 2.22 bits per heavy atom. The summed E-state index contributed by atoms with van der Waals surface area (Å²) in [7, 11) is 1.64. The molecular weight excluding hydrogens is 297 g/mol. The normalized spacial score (nSPS) is 12.6. The standard InChI is InChI=1S/C15H18FN7/c1-4-7-20-9(2)5-6-11(17)12-10(16)8-23-13(12)14(19-3)21-15(18)22-23/h4-8,17H,1-3H3,(H3,18,19,21,22)/b6-5-,7-4-,17-11?,20-9-. The van der Waals surface area contributed by atoms with Crippen LogP contribution in [0.25, 0.3) is 5.52 Å². The number of aromatic nitrogens is 3. The number of fused-ring (bicyclic) bond motifs is 1. The van der Waals surface area contributed by atoms with Crippen LogP contribution in [0.1, 0.15) is 19.4 Å². The number of nitrogens with zero attached hydrogens (tertiary/aromatic N) is 4. The Morgan fingerprint density at radius 3 is 2.87 bits per heavy atom. The van der Waals surface area contributed by atoms with E-state index in [1.807, 2.05) is 6.92 Å². The van der Waals surface area contributed by atoms with Crippen LogP contribution >= 0.6 is 0 Å². The minimum Gasteiger partial charge on any atom is -0.371 e. The molecule has 0 aliphatic carbocycles. The fraction of sp³-hybridized carbons (Fsp3) is 0.200. The van der Waals surface area contributed by atoms with E-state index in [0.29, 0.717) is 17.0 Å². The quantitative estimate of drug-likeness (QED) is 0.737. The molecule has 0 saturated carbocycles. The van der Waals surface area contributed by atoms with Gasteiger partial charge in [0.25, 0.3) is 0 Å². The monoisotopic (exact) mass is 315 g/mol. The highest BCUT2D eigenvalue weighted by atomic mass is 19.1. The van der Waals surface area contributed by atoms with Crippen LogP contribution in [0.2, 0.25) is 0 Å². The summed E-state index contributed by atoms with van der Waals surface area (Å²) in [4.78, 5) is 8.15. The third-order valence-electron chi connectivity index (χ3n) is 3.03. The molecule has 0 fully saturated rings. The Labute approximate surface area is 132 Å². The zero-order valence-corrected chi connectivity index (χ0v) is 13.1. The van der Waals surface area contributed by atoms with Gasteiger partial charge in [-0.3, -0.25) is 4.99 Å². The summed E-state index contributed by atoms with van der Waals surface area (Å²) >= 11 is 0. The van der Waals surface area contributed by atoms with Crippen molar-refractivity contribution in [3.63, 3.8) is 0 Å². The maximum Gasteiger partial charge on any atom is 0.240 e. The van der Waals surface area contributed by atoms with Crippen LogP contribution in [-0.2, 0) is 0 Å². The van der Waals surface area contributed by atoms with Gasteiger partial charge in [0.05, 0.1) is 17.5 Å². The average Bonchev–Trinajstić information content (AvgIpc) is 2.85. The van der Waals surface area contributed by atoms with E-state index in [9.17, 15) is 4.39 Å². The van der Waals surface area contributed by atoms with Gasteiger partial charge >= 0.3 is 0 Å². The molecule has 23 heavy (non-hydrogen) atoms. The van der Waals surface area contributed by atoms with Gasteiger partial charge in [0.2, 0.25) is 5.95 Å². The van der Waals surface area contributed by atoms with Crippen molar-refractivity contribution in [3.05, 3.63) is 42.0 Å². The van der Waals surface area contributed by atoms with E-state index in [4.69, 9.17) is 11.1 Å². The Bertz CT molecular complexity index is 830. The molecule has 2 heterocycles. The van der Waals surface area contributed by atoms with Gasteiger partial charge in [-0.2, -0.15) is 4.98 Å². The lowest BCUT2D eigenvalue weighted by atomic mass is 10.1. The second kappa shape index (κ2) is 6.82. The number of allylic oxidation sites excluding steroid dienone is 3. The maximum absolute atomic E-state index is 14.3. The molecule has 2 aromatic rings. The molecular formula is C15H18FN7. The van der Waals surface area contributed by atoms with Gasteiger partial charge in [-0.1, -0.05) is 6.08 Å². The smallest absolute Gasteiger partial charge is 0.240 e. The first-order valence-corrected chi connectivity index (χ1v) is 6.92. The van der Waals surface area contributed by atoms with Gasteiger partial charge in [-0.05, 0) is 26.0 Å². The Morgan fingerprint density at radius 1 is 1.48 bits per heavy atom. The highest BCUT2D eigenvalue weighted by Gasteiger charge is 2.19. The van der Waals surface area contributed by atoms with E-state index < -0.39 is 5.82 Å². The summed E-state index contributed by atoms with van der Waals surface area (Å²) in [5, 5.41) is 14.9. The van der Waals surface area contributed by atoms with Crippen molar-refractivity contribution in [2.45, 2.75) is 13.8 Å². The van der Waals surface area contributed by atoms with Gasteiger partial charge in [0, 0.05) is 19.0 Å². The minimum absolute atomic E-state index is 0.00935. The van der Waals surface area contributed by atoms with E-state index in [1.54, 1.807) is 32.3 Å². The SMILES string of the molecule is C\C=C/N=C(C)\C=C/C(=N)c1c(F)cn2nc(N)nc(NC)c12. The van der Waals surface area contributed by atoms with Crippen LogP contribution in [0.4, 0.5) is 16.2 Å². The number of halogens is 1. The predicted octanol–water partition coefficient (Wildman–Crippen LogP) is 2.41. The largest absolute Gasteiger partial charge is 0.371 e. The first-order chi connectivity index (χ1) is 11.0. The molecule has 0 saturated heterocycles. The number of nitrogens with two attached hydrogens (primary N) is 1. The zero-order valence-electron chi connectivity index (χ0n) is 13.1. The van der Waals surface area contributed by atoms with E-state index in [1.165, 1.54) is 16.8 Å². The minimum atomic E-state index is -0.570. The summed E-state index contributed by atoms with van der Waals surface area (Å²) < 4.78 is 15.5. The highest BCUT2D eigenvalue weighted by Crippen LogP contribution is 2.24. The zero-order chi connectivity index (χ0) is 17.0. The molecule has 7 nitrogen and oxygen atoms in total. The Kier molecular flexibility index (Phi) is 4.85. The molecule has 0 aliphatic heterocycles. The second-order valence-corrected chi connectivity index (χ2v) is 4.71. The average molecular weight is 315 g/mol. The van der Waals surface area contributed by atoms with E-state index in [-0.39, 0.29) is 17.2 Å². The molecule has 0 spiro atoms. The van der Waals surface area contributed by atoms with Crippen molar-refractivity contribution in [2.75, 3.05) is 18.1 Å². The lowest BCUT2D eigenvalue weighted by molar-refractivity contribution is 0.623. The van der Waals surface area contributed by atoms with E-state index in [2.05, 4.69) is 20.4 Å². The van der Waals surface area contributed by atoms with Crippen LogP contribution in [-0.4, -0.2) is 33.1 Å². The molecule has 0 unspecified atom stereocenters. The van der Waals surface area contributed by atoms with Gasteiger partial charge in [0.1, 0.15) is 5.52 Å². The van der Waals surface area contributed by atoms with Gasteiger partial charge in [0.15, 0.2) is 11.6 Å². The molecule has 0 bridgehead atoms. The molecule has 0 aromatic carbocycles. The van der Waals surface area contributed by atoms with Crippen molar-refractivity contribution in [3.8, 4) is 0 Å². The lowest BCUT2D eigenvalue weighted by Crippen LogP contribution is -2.07. The topological polar surface area (TPSA) is 104 Å². The van der Waals surface area contributed by atoms with Gasteiger partial charge in [-0.25, -0.2) is 8.91 Å². The van der Waals surface area contributed by atoms with Crippen molar-refractivity contribution in [2.24, 2.45) is 4.99 Å². The molecule has 0 aliphatic rings. The fourth-order valence-corrected chi connectivity index (χ4v) is 2.02. The van der Waals surface area contributed by atoms with Crippen molar-refractivity contribution < 1.29 is 4.39 Å². The van der Waals surface area contributed by atoms with Gasteiger partial charge < -0.3 is 16.5 Å². The van der Waals surface area contributed by atoms with E-state index >= 15 is 0 Å². The van der Waals surface area contributed by atoms with Crippen molar-refractivity contribution >= 4 is 28.7 Å². The molecule has 0 radical (unpaired) electrons. The molecule has 2 rings (SSSR count). The van der Waals surface area contributed by atoms with Crippen LogP contribution < -0.4 is 11.1 Å².